The van der Waals surface area contributed by atoms with Gasteiger partial charge >= 0.3 is 0 Å². The van der Waals surface area contributed by atoms with E-state index in [1.165, 1.54) is 16.5 Å². The highest BCUT2D eigenvalue weighted by molar-refractivity contribution is 5.83. The molecule has 0 atom stereocenters. The van der Waals surface area contributed by atoms with Gasteiger partial charge in [0.1, 0.15) is 5.82 Å². The number of aryl methyl sites for hydroxylation is 1. The van der Waals surface area contributed by atoms with Crippen LogP contribution in [-0.2, 0) is 12.8 Å². The van der Waals surface area contributed by atoms with Gasteiger partial charge < -0.3 is 20.6 Å². The van der Waals surface area contributed by atoms with Gasteiger partial charge in [-0.25, -0.2) is 4.98 Å². The Morgan fingerprint density at radius 2 is 1.83 bits per heavy atom. The summed E-state index contributed by atoms with van der Waals surface area (Å²) in [5.74, 6) is 1.90. The van der Waals surface area contributed by atoms with Crippen LogP contribution in [0.1, 0.15) is 24.7 Å². The standard InChI is InChI=1S/C23H28N6/c1-2-24-23(26-15-13-17-16-27-19-9-4-3-8-18(17)19)25-14-7-12-22-28-20-10-5-6-11-21(20)29-22/h3-6,8-11,16,27H,2,7,12-15H2,1H3,(H,28,29)(H2,24,25,26). The first-order valence-corrected chi connectivity index (χ1v) is 10.3. The van der Waals surface area contributed by atoms with Crippen molar-refractivity contribution in [2.75, 3.05) is 19.6 Å². The molecule has 4 aromatic rings. The Labute approximate surface area is 170 Å². The number of aromatic nitrogens is 3. The molecular formula is C23H28N6. The fraction of sp³-hybridized carbons (Fsp3) is 0.304. The van der Waals surface area contributed by atoms with Crippen molar-refractivity contribution >= 4 is 27.9 Å². The number of hydrogen-bond donors (Lipinski definition) is 4. The maximum atomic E-state index is 4.71. The molecule has 0 bridgehead atoms. The largest absolute Gasteiger partial charge is 0.361 e. The zero-order valence-electron chi connectivity index (χ0n) is 16.8. The average molecular weight is 389 g/mol. The summed E-state index contributed by atoms with van der Waals surface area (Å²) < 4.78 is 0. The second-order valence-electron chi connectivity index (χ2n) is 7.10. The molecule has 0 fully saturated rings. The van der Waals surface area contributed by atoms with Crippen LogP contribution in [0.5, 0.6) is 0 Å². The van der Waals surface area contributed by atoms with E-state index in [-0.39, 0.29) is 0 Å². The highest BCUT2D eigenvalue weighted by atomic mass is 15.2. The van der Waals surface area contributed by atoms with Gasteiger partial charge in [-0.2, -0.15) is 0 Å². The van der Waals surface area contributed by atoms with Crippen molar-refractivity contribution in [2.24, 2.45) is 4.99 Å². The third-order valence-corrected chi connectivity index (χ3v) is 4.99. The topological polar surface area (TPSA) is 80.9 Å². The summed E-state index contributed by atoms with van der Waals surface area (Å²) in [6, 6.07) is 16.6. The van der Waals surface area contributed by atoms with E-state index in [4.69, 9.17) is 4.99 Å². The summed E-state index contributed by atoms with van der Waals surface area (Å²) in [5, 5.41) is 8.07. The van der Waals surface area contributed by atoms with Gasteiger partial charge in [-0.15, -0.1) is 0 Å². The fourth-order valence-corrected chi connectivity index (χ4v) is 3.56. The first-order valence-electron chi connectivity index (χ1n) is 10.3. The molecule has 0 aliphatic carbocycles. The first-order chi connectivity index (χ1) is 14.3. The van der Waals surface area contributed by atoms with Crippen LogP contribution in [0.4, 0.5) is 0 Å². The van der Waals surface area contributed by atoms with Crippen molar-refractivity contribution in [3.8, 4) is 0 Å². The lowest BCUT2D eigenvalue weighted by Crippen LogP contribution is -2.38. The zero-order chi connectivity index (χ0) is 19.9. The summed E-state index contributed by atoms with van der Waals surface area (Å²) in [5.41, 5.74) is 4.64. The molecule has 4 N–H and O–H groups in total. The summed E-state index contributed by atoms with van der Waals surface area (Å²) in [4.78, 5) is 16.1. The van der Waals surface area contributed by atoms with E-state index in [0.29, 0.717) is 0 Å². The molecule has 0 spiro atoms. The summed E-state index contributed by atoms with van der Waals surface area (Å²) in [6.07, 6.45) is 4.91. The van der Waals surface area contributed by atoms with E-state index in [1.807, 2.05) is 18.2 Å². The van der Waals surface area contributed by atoms with Crippen LogP contribution < -0.4 is 10.6 Å². The van der Waals surface area contributed by atoms with Crippen molar-refractivity contribution in [2.45, 2.75) is 26.2 Å². The van der Waals surface area contributed by atoms with Crippen molar-refractivity contribution in [1.29, 1.82) is 0 Å². The number of para-hydroxylation sites is 3. The Morgan fingerprint density at radius 3 is 2.69 bits per heavy atom. The Bertz CT molecular complexity index is 1060. The maximum Gasteiger partial charge on any atom is 0.191 e. The van der Waals surface area contributed by atoms with Crippen molar-refractivity contribution in [3.63, 3.8) is 0 Å². The molecule has 0 radical (unpaired) electrons. The van der Waals surface area contributed by atoms with Crippen LogP contribution >= 0.6 is 0 Å². The van der Waals surface area contributed by atoms with Crippen molar-refractivity contribution in [1.82, 2.24) is 25.6 Å². The van der Waals surface area contributed by atoms with Gasteiger partial charge in [0, 0.05) is 43.2 Å². The van der Waals surface area contributed by atoms with Gasteiger partial charge in [-0.05, 0) is 43.5 Å². The molecule has 6 heteroatoms. The number of H-pyrrole nitrogens is 2. The molecule has 0 amide bonds. The van der Waals surface area contributed by atoms with Gasteiger partial charge in [-0.1, -0.05) is 30.3 Å². The Hall–Kier alpha value is -3.28. The summed E-state index contributed by atoms with van der Waals surface area (Å²) >= 11 is 0. The fourth-order valence-electron chi connectivity index (χ4n) is 3.56. The third-order valence-electron chi connectivity index (χ3n) is 4.99. The number of hydrogen-bond acceptors (Lipinski definition) is 2. The maximum absolute atomic E-state index is 4.71. The molecule has 0 unspecified atom stereocenters. The molecule has 29 heavy (non-hydrogen) atoms. The van der Waals surface area contributed by atoms with Gasteiger partial charge in [0.2, 0.25) is 0 Å². The average Bonchev–Trinajstić information content (AvgIpc) is 3.35. The molecule has 0 aliphatic rings. The van der Waals surface area contributed by atoms with Crippen LogP contribution in [0.25, 0.3) is 21.9 Å². The minimum atomic E-state index is 0.763. The third kappa shape index (κ3) is 4.77. The molecule has 6 nitrogen and oxygen atoms in total. The van der Waals surface area contributed by atoms with E-state index in [9.17, 15) is 0 Å². The number of guanidine groups is 1. The number of fused-ring (bicyclic) bond motifs is 2. The normalized spacial score (nSPS) is 12.0. The molecule has 2 aromatic heterocycles. The van der Waals surface area contributed by atoms with Crippen LogP contribution in [-0.4, -0.2) is 40.5 Å². The van der Waals surface area contributed by atoms with E-state index < -0.39 is 0 Å². The van der Waals surface area contributed by atoms with Crippen LogP contribution in [0.2, 0.25) is 0 Å². The lowest BCUT2D eigenvalue weighted by atomic mass is 10.1. The summed E-state index contributed by atoms with van der Waals surface area (Å²) in [7, 11) is 0. The van der Waals surface area contributed by atoms with Gasteiger partial charge in [0.15, 0.2) is 5.96 Å². The number of rotatable bonds is 8. The Kier molecular flexibility index (Phi) is 6.10. The number of nitrogens with one attached hydrogen (secondary N) is 4. The Balaban J connectivity index is 1.27. The number of nitrogens with zero attached hydrogens (tertiary/aromatic N) is 2. The monoisotopic (exact) mass is 388 g/mol. The zero-order valence-corrected chi connectivity index (χ0v) is 16.8. The first kappa shape index (κ1) is 19.1. The molecule has 2 aromatic carbocycles. The second kappa shape index (κ2) is 9.28. The van der Waals surface area contributed by atoms with Crippen LogP contribution in [0.3, 0.4) is 0 Å². The predicted molar refractivity (Wildman–Crippen MR) is 120 cm³/mol. The van der Waals surface area contributed by atoms with Crippen molar-refractivity contribution < 1.29 is 0 Å². The molecule has 0 saturated carbocycles. The molecule has 2 heterocycles. The number of aliphatic imine (C=N–C) groups is 1. The Morgan fingerprint density at radius 1 is 1.00 bits per heavy atom. The molecule has 150 valence electrons. The van der Waals surface area contributed by atoms with Gasteiger partial charge in [-0.3, -0.25) is 4.99 Å². The molecular weight excluding hydrogens is 360 g/mol. The predicted octanol–water partition coefficient (Wildman–Crippen LogP) is 3.77. The van der Waals surface area contributed by atoms with Crippen LogP contribution in [0, 0.1) is 0 Å². The smallest absolute Gasteiger partial charge is 0.191 e. The minimum Gasteiger partial charge on any atom is -0.361 e. The lowest BCUT2D eigenvalue weighted by Gasteiger charge is -2.11. The highest BCUT2D eigenvalue weighted by Gasteiger charge is 2.04. The molecule has 0 saturated heterocycles. The number of aromatic amines is 2. The van der Waals surface area contributed by atoms with E-state index in [2.05, 4.69) is 69.0 Å². The molecule has 0 aliphatic heterocycles. The lowest BCUT2D eigenvalue weighted by molar-refractivity contribution is 0.764. The molecule has 4 rings (SSSR count). The highest BCUT2D eigenvalue weighted by Crippen LogP contribution is 2.17. The number of imidazole rings is 1. The quantitative estimate of drug-likeness (QED) is 0.211. The van der Waals surface area contributed by atoms with E-state index in [1.54, 1.807) is 0 Å². The van der Waals surface area contributed by atoms with Crippen molar-refractivity contribution in [3.05, 3.63) is 66.1 Å². The minimum absolute atomic E-state index is 0.763. The van der Waals surface area contributed by atoms with Crippen LogP contribution in [0.15, 0.2) is 59.7 Å². The van der Waals surface area contributed by atoms with E-state index >= 15 is 0 Å². The van der Waals surface area contributed by atoms with Gasteiger partial charge in [0.05, 0.1) is 11.0 Å². The second-order valence-corrected chi connectivity index (χ2v) is 7.10. The van der Waals surface area contributed by atoms with Gasteiger partial charge in [0.25, 0.3) is 0 Å². The SMILES string of the molecule is CCNC(=NCCCc1nc2ccccc2[nH]1)NCCc1c[nH]c2ccccc12. The van der Waals surface area contributed by atoms with E-state index in [0.717, 1.165) is 61.7 Å². The summed E-state index contributed by atoms with van der Waals surface area (Å²) in [6.45, 7) is 4.55. The number of benzene rings is 2.